The van der Waals surface area contributed by atoms with Gasteiger partial charge in [0.05, 0.1) is 19.3 Å². The molecule has 0 aromatic heterocycles. The molecule has 1 aliphatic carbocycles. The largest absolute Gasteiger partial charge is 0.508 e. The van der Waals surface area contributed by atoms with Crippen LogP contribution in [0.1, 0.15) is 31.4 Å². The molecule has 1 aromatic rings. The standard InChI is InChI=1S/C16H20O3/c1-11-6-7-16(9-17)8-14(11)15(19-10-16)12-2-4-13(18)5-3-12/h2-6,14-15,17-18H,7-10H2,1H3/t14-,15-,16+/m0/s1. The van der Waals surface area contributed by atoms with Gasteiger partial charge in [-0.05, 0) is 37.5 Å². The quantitative estimate of drug-likeness (QED) is 0.804. The van der Waals surface area contributed by atoms with Crippen LogP contribution in [-0.4, -0.2) is 23.4 Å². The molecular weight excluding hydrogens is 240 g/mol. The summed E-state index contributed by atoms with van der Waals surface area (Å²) in [7, 11) is 0. The molecule has 3 rings (SSSR count). The Morgan fingerprint density at radius 1 is 1.32 bits per heavy atom. The molecule has 0 spiro atoms. The van der Waals surface area contributed by atoms with Gasteiger partial charge in [-0.25, -0.2) is 0 Å². The van der Waals surface area contributed by atoms with Crippen molar-refractivity contribution in [3.63, 3.8) is 0 Å². The van der Waals surface area contributed by atoms with E-state index in [0.29, 0.717) is 12.5 Å². The van der Waals surface area contributed by atoms with Crippen LogP contribution in [0.2, 0.25) is 0 Å². The van der Waals surface area contributed by atoms with Crippen molar-refractivity contribution in [1.29, 1.82) is 0 Å². The summed E-state index contributed by atoms with van der Waals surface area (Å²) in [5, 5.41) is 19.0. The van der Waals surface area contributed by atoms with Crippen molar-refractivity contribution in [2.24, 2.45) is 11.3 Å². The molecule has 3 atom stereocenters. The van der Waals surface area contributed by atoms with Crippen LogP contribution < -0.4 is 0 Å². The van der Waals surface area contributed by atoms with Crippen molar-refractivity contribution in [3.8, 4) is 5.75 Å². The summed E-state index contributed by atoms with van der Waals surface area (Å²) in [5.41, 5.74) is 2.36. The number of phenolic OH excluding ortho intramolecular Hbond substituents is 1. The van der Waals surface area contributed by atoms with Crippen molar-refractivity contribution in [3.05, 3.63) is 41.5 Å². The SMILES string of the molecule is CC1=CC[C@@]2(CO)CO[C@@H](c3ccc(O)cc3)[C@H]1C2. The number of aromatic hydroxyl groups is 1. The molecule has 0 amide bonds. The maximum Gasteiger partial charge on any atom is 0.115 e. The number of fused-ring (bicyclic) bond motifs is 2. The van der Waals surface area contributed by atoms with E-state index in [0.717, 1.165) is 18.4 Å². The van der Waals surface area contributed by atoms with Gasteiger partial charge in [-0.1, -0.05) is 23.8 Å². The van der Waals surface area contributed by atoms with Gasteiger partial charge in [-0.3, -0.25) is 0 Å². The van der Waals surface area contributed by atoms with Crippen LogP contribution in [0.15, 0.2) is 35.9 Å². The van der Waals surface area contributed by atoms with Gasteiger partial charge in [0.25, 0.3) is 0 Å². The van der Waals surface area contributed by atoms with E-state index in [1.165, 1.54) is 5.57 Å². The van der Waals surface area contributed by atoms with Gasteiger partial charge in [0, 0.05) is 11.3 Å². The van der Waals surface area contributed by atoms with Crippen LogP contribution in [0.3, 0.4) is 0 Å². The summed E-state index contributed by atoms with van der Waals surface area (Å²) >= 11 is 0. The van der Waals surface area contributed by atoms with Gasteiger partial charge in [0.2, 0.25) is 0 Å². The van der Waals surface area contributed by atoms with Gasteiger partial charge in [0.15, 0.2) is 0 Å². The Morgan fingerprint density at radius 2 is 2.05 bits per heavy atom. The molecule has 1 aromatic carbocycles. The lowest BCUT2D eigenvalue weighted by Crippen LogP contribution is -2.43. The minimum atomic E-state index is -0.0857. The van der Waals surface area contributed by atoms with Crippen LogP contribution in [0.25, 0.3) is 0 Å². The molecule has 1 saturated heterocycles. The summed E-state index contributed by atoms with van der Waals surface area (Å²) in [4.78, 5) is 0. The van der Waals surface area contributed by atoms with Crippen molar-refractivity contribution in [2.75, 3.05) is 13.2 Å². The Labute approximate surface area is 113 Å². The maximum atomic E-state index is 9.63. The zero-order valence-electron chi connectivity index (χ0n) is 11.2. The van der Waals surface area contributed by atoms with Crippen LogP contribution in [0.5, 0.6) is 5.75 Å². The molecule has 1 aliphatic heterocycles. The molecule has 2 N–H and O–H groups in total. The fraction of sp³-hybridized carbons (Fsp3) is 0.500. The second-order valence-electron chi connectivity index (χ2n) is 5.94. The Morgan fingerprint density at radius 3 is 2.74 bits per heavy atom. The summed E-state index contributed by atoms with van der Waals surface area (Å²) in [6.07, 6.45) is 4.18. The average Bonchev–Trinajstić information content (AvgIpc) is 2.45. The normalized spacial score (nSPS) is 33.9. The number of aliphatic hydroxyl groups is 1. The van der Waals surface area contributed by atoms with E-state index < -0.39 is 0 Å². The topological polar surface area (TPSA) is 49.7 Å². The molecule has 102 valence electrons. The zero-order valence-corrected chi connectivity index (χ0v) is 11.2. The highest BCUT2D eigenvalue weighted by atomic mass is 16.5. The van der Waals surface area contributed by atoms with Crippen LogP contribution in [-0.2, 0) is 4.74 Å². The molecule has 19 heavy (non-hydrogen) atoms. The molecule has 3 nitrogen and oxygen atoms in total. The Bertz CT molecular complexity index is 491. The third-order valence-corrected chi connectivity index (χ3v) is 4.59. The number of benzene rings is 1. The molecule has 1 heterocycles. The summed E-state index contributed by atoms with van der Waals surface area (Å²) in [5.74, 6) is 0.611. The summed E-state index contributed by atoms with van der Waals surface area (Å²) < 4.78 is 6.05. The molecule has 0 saturated carbocycles. The van der Waals surface area contributed by atoms with E-state index in [1.807, 2.05) is 12.1 Å². The third-order valence-electron chi connectivity index (χ3n) is 4.59. The first-order valence-electron chi connectivity index (χ1n) is 6.82. The first-order valence-corrected chi connectivity index (χ1v) is 6.82. The second kappa shape index (κ2) is 4.66. The van der Waals surface area contributed by atoms with Gasteiger partial charge in [-0.2, -0.15) is 0 Å². The first-order chi connectivity index (χ1) is 9.13. The van der Waals surface area contributed by atoms with Crippen molar-refractivity contribution in [1.82, 2.24) is 0 Å². The van der Waals surface area contributed by atoms with Crippen LogP contribution in [0.4, 0.5) is 0 Å². The van der Waals surface area contributed by atoms with E-state index in [4.69, 9.17) is 4.74 Å². The number of rotatable bonds is 2. The monoisotopic (exact) mass is 260 g/mol. The fourth-order valence-electron chi connectivity index (χ4n) is 3.25. The fourth-order valence-corrected chi connectivity index (χ4v) is 3.25. The van der Waals surface area contributed by atoms with Crippen LogP contribution >= 0.6 is 0 Å². The summed E-state index contributed by atoms with van der Waals surface area (Å²) in [6.45, 7) is 2.94. The number of hydrogen-bond donors (Lipinski definition) is 2. The number of phenols is 1. The smallest absolute Gasteiger partial charge is 0.115 e. The van der Waals surface area contributed by atoms with Gasteiger partial charge < -0.3 is 14.9 Å². The Hall–Kier alpha value is -1.32. The highest BCUT2D eigenvalue weighted by molar-refractivity contribution is 5.30. The lowest BCUT2D eigenvalue weighted by Gasteiger charge is -2.47. The molecule has 0 unspecified atom stereocenters. The van der Waals surface area contributed by atoms with Crippen molar-refractivity contribution < 1.29 is 14.9 Å². The van der Waals surface area contributed by atoms with Crippen molar-refractivity contribution in [2.45, 2.75) is 25.9 Å². The van der Waals surface area contributed by atoms with E-state index in [-0.39, 0.29) is 23.9 Å². The Kier molecular flexibility index (Phi) is 3.11. The predicted octanol–water partition coefficient (Wildman–Crippen LogP) is 2.80. The second-order valence-corrected chi connectivity index (χ2v) is 5.94. The lowest BCUT2D eigenvalue weighted by atomic mass is 9.67. The van der Waals surface area contributed by atoms with Crippen molar-refractivity contribution >= 4 is 0 Å². The maximum absolute atomic E-state index is 9.63. The summed E-state index contributed by atoms with van der Waals surface area (Å²) in [6, 6.07) is 7.25. The minimum Gasteiger partial charge on any atom is -0.508 e. The van der Waals surface area contributed by atoms with E-state index >= 15 is 0 Å². The zero-order chi connectivity index (χ0) is 13.5. The van der Waals surface area contributed by atoms with Gasteiger partial charge in [-0.15, -0.1) is 0 Å². The molecule has 2 bridgehead atoms. The van der Waals surface area contributed by atoms with E-state index in [9.17, 15) is 10.2 Å². The number of ether oxygens (including phenoxy) is 1. The third kappa shape index (κ3) is 2.17. The molecule has 2 aliphatic rings. The van der Waals surface area contributed by atoms with E-state index in [2.05, 4.69) is 13.0 Å². The van der Waals surface area contributed by atoms with Crippen LogP contribution in [0, 0.1) is 11.3 Å². The Balaban J connectivity index is 1.91. The molecule has 3 heteroatoms. The lowest BCUT2D eigenvalue weighted by molar-refractivity contribution is -0.113. The van der Waals surface area contributed by atoms with E-state index in [1.54, 1.807) is 12.1 Å². The number of allylic oxidation sites excluding steroid dienone is 1. The average molecular weight is 260 g/mol. The van der Waals surface area contributed by atoms with Gasteiger partial charge in [0.1, 0.15) is 5.75 Å². The highest BCUT2D eigenvalue weighted by Gasteiger charge is 2.44. The first kappa shape index (κ1) is 12.7. The number of hydrogen-bond acceptors (Lipinski definition) is 3. The highest BCUT2D eigenvalue weighted by Crippen LogP contribution is 2.50. The number of aliphatic hydroxyl groups excluding tert-OH is 1. The molecule has 1 fully saturated rings. The van der Waals surface area contributed by atoms with Gasteiger partial charge >= 0.3 is 0 Å². The minimum absolute atomic E-state index is 0.0387. The molecule has 0 radical (unpaired) electrons. The molecular formula is C16H20O3. The predicted molar refractivity (Wildman–Crippen MR) is 72.8 cm³/mol.